The van der Waals surface area contributed by atoms with Crippen LogP contribution in [0.5, 0.6) is 0 Å². The molecule has 0 aliphatic carbocycles. The van der Waals surface area contributed by atoms with E-state index in [1.165, 1.54) is 18.5 Å². The summed E-state index contributed by atoms with van der Waals surface area (Å²) in [7, 11) is 0. The summed E-state index contributed by atoms with van der Waals surface area (Å²) >= 11 is 0. The molecule has 2 saturated heterocycles. The lowest BCUT2D eigenvalue weighted by Crippen LogP contribution is -2.53. The van der Waals surface area contributed by atoms with Gasteiger partial charge in [0.15, 0.2) is 0 Å². The van der Waals surface area contributed by atoms with Crippen molar-refractivity contribution in [3.05, 3.63) is 66.2 Å². The van der Waals surface area contributed by atoms with Gasteiger partial charge >= 0.3 is 0 Å². The quantitative estimate of drug-likeness (QED) is 0.943. The second-order valence-corrected chi connectivity index (χ2v) is 6.91. The molecular formula is C20H24N2O. The lowest BCUT2D eigenvalue weighted by molar-refractivity contribution is -0.0231. The molecule has 3 atom stereocenters. The minimum Gasteiger partial charge on any atom is -0.382 e. The second kappa shape index (κ2) is 5.66. The molecule has 0 spiro atoms. The number of benzene rings is 2. The Morgan fingerprint density at radius 1 is 1.00 bits per heavy atom. The fourth-order valence-electron chi connectivity index (χ4n) is 4.30. The van der Waals surface area contributed by atoms with E-state index < -0.39 is 5.60 Å². The van der Waals surface area contributed by atoms with Crippen LogP contribution in [0.4, 0.5) is 5.69 Å². The highest BCUT2D eigenvalue weighted by Crippen LogP contribution is 2.41. The molecule has 2 aliphatic rings. The Balaban J connectivity index is 1.75. The van der Waals surface area contributed by atoms with E-state index in [2.05, 4.69) is 34.1 Å². The number of anilines is 1. The molecule has 1 N–H and O–H groups in total. The average molecular weight is 308 g/mol. The van der Waals surface area contributed by atoms with Gasteiger partial charge in [-0.15, -0.1) is 0 Å². The lowest BCUT2D eigenvalue weighted by Gasteiger charge is -2.41. The van der Waals surface area contributed by atoms with Crippen LogP contribution in [-0.4, -0.2) is 35.3 Å². The second-order valence-electron chi connectivity index (χ2n) is 6.91. The normalized spacial score (nSPS) is 27.0. The third kappa shape index (κ3) is 2.44. The molecule has 120 valence electrons. The zero-order valence-electron chi connectivity index (χ0n) is 13.6. The number of hydrogen-bond donors (Lipinski definition) is 1. The van der Waals surface area contributed by atoms with Gasteiger partial charge < -0.3 is 10.0 Å². The van der Waals surface area contributed by atoms with Crippen molar-refractivity contribution in [2.45, 2.75) is 37.6 Å². The van der Waals surface area contributed by atoms with Gasteiger partial charge in [-0.2, -0.15) is 0 Å². The van der Waals surface area contributed by atoms with Crippen LogP contribution >= 0.6 is 0 Å². The van der Waals surface area contributed by atoms with Crippen molar-refractivity contribution < 1.29 is 5.11 Å². The van der Waals surface area contributed by atoms with Crippen LogP contribution in [0.1, 0.15) is 25.3 Å². The Hall–Kier alpha value is -1.84. The van der Waals surface area contributed by atoms with Gasteiger partial charge in [0.1, 0.15) is 11.8 Å². The van der Waals surface area contributed by atoms with Crippen LogP contribution in [0, 0.1) is 0 Å². The van der Waals surface area contributed by atoms with E-state index in [0.717, 1.165) is 18.7 Å². The summed E-state index contributed by atoms with van der Waals surface area (Å²) in [5, 5.41) is 11.5. The van der Waals surface area contributed by atoms with Crippen molar-refractivity contribution in [1.82, 2.24) is 4.90 Å². The maximum atomic E-state index is 11.5. The SMILES string of the molecule is C[C@@](O)(c1ccccc1)[C@H]1N(c2ccccc2)C[C@@H]2CCCN21. The Kier molecular flexibility index (Phi) is 3.63. The number of aliphatic hydroxyl groups is 1. The highest BCUT2D eigenvalue weighted by molar-refractivity contribution is 5.50. The Bertz CT molecular complexity index is 656. The molecular weight excluding hydrogens is 284 g/mol. The summed E-state index contributed by atoms with van der Waals surface area (Å²) in [5.41, 5.74) is 1.28. The lowest BCUT2D eigenvalue weighted by atomic mass is 9.91. The molecule has 2 heterocycles. The third-order valence-corrected chi connectivity index (χ3v) is 5.39. The molecule has 3 heteroatoms. The number of nitrogens with zero attached hydrogens (tertiary/aromatic N) is 2. The predicted octanol–water partition coefficient (Wildman–Crippen LogP) is 3.20. The number of rotatable bonds is 3. The van der Waals surface area contributed by atoms with E-state index >= 15 is 0 Å². The molecule has 23 heavy (non-hydrogen) atoms. The first-order valence-electron chi connectivity index (χ1n) is 8.53. The Morgan fingerprint density at radius 2 is 1.65 bits per heavy atom. The molecule has 2 aromatic carbocycles. The standard InChI is InChI=1S/C20H24N2O/c1-20(23,16-9-4-2-5-10-16)19-21-14-8-13-18(21)15-22(19)17-11-6-3-7-12-17/h2-7,9-12,18-19,23H,8,13-15H2,1H3/t18-,19+,20+/m0/s1. The zero-order valence-corrected chi connectivity index (χ0v) is 13.6. The summed E-state index contributed by atoms with van der Waals surface area (Å²) in [4.78, 5) is 4.89. The fourth-order valence-corrected chi connectivity index (χ4v) is 4.30. The molecule has 2 fully saturated rings. The maximum Gasteiger partial charge on any atom is 0.121 e. The Morgan fingerprint density at radius 3 is 2.35 bits per heavy atom. The molecule has 2 aliphatic heterocycles. The van der Waals surface area contributed by atoms with Crippen molar-refractivity contribution in [2.24, 2.45) is 0 Å². The third-order valence-electron chi connectivity index (χ3n) is 5.39. The van der Waals surface area contributed by atoms with Gasteiger partial charge in [-0.25, -0.2) is 0 Å². The predicted molar refractivity (Wildman–Crippen MR) is 93.3 cm³/mol. The van der Waals surface area contributed by atoms with E-state index in [0.29, 0.717) is 6.04 Å². The average Bonchev–Trinajstić information content (AvgIpc) is 3.17. The zero-order chi connectivity index (χ0) is 15.9. The van der Waals surface area contributed by atoms with E-state index in [9.17, 15) is 5.11 Å². The van der Waals surface area contributed by atoms with Crippen molar-refractivity contribution in [3.8, 4) is 0 Å². The van der Waals surface area contributed by atoms with Crippen LogP contribution in [0.3, 0.4) is 0 Å². The van der Waals surface area contributed by atoms with Gasteiger partial charge in [0, 0.05) is 24.8 Å². The summed E-state index contributed by atoms with van der Waals surface area (Å²) < 4.78 is 0. The van der Waals surface area contributed by atoms with E-state index in [4.69, 9.17) is 0 Å². The van der Waals surface area contributed by atoms with E-state index in [-0.39, 0.29) is 6.17 Å². The Labute approximate surface area is 138 Å². The van der Waals surface area contributed by atoms with Gasteiger partial charge in [0.25, 0.3) is 0 Å². The molecule has 0 amide bonds. The van der Waals surface area contributed by atoms with Gasteiger partial charge in [-0.05, 0) is 37.5 Å². The van der Waals surface area contributed by atoms with Crippen molar-refractivity contribution in [3.63, 3.8) is 0 Å². The van der Waals surface area contributed by atoms with Gasteiger partial charge in [0.2, 0.25) is 0 Å². The summed E-state index contributed by atoms with van der Waals surface area (Å²) in [5.74, 6) is 0. The van der Waals surface area contributed by atoms with E-state index in [1.807, 2.05) is 43.3 Å². The molecule has 0 saturated carbocycles. The van der Waals surface area contributed by atoms with Crippen LogP contribution in [0.25, 0.3) is 0 Å². The largest absolute Gasteiger partial charge is 0.382 e. The van der Waals surface area contributed by atoms with Gasteiger partial charge in [0.05, 0.1) is 0 Å². The minimum atomic E-state index is -0.907. The molecule has 0 aromatic heterocycles. The number of para-hydroxylation sites is 1. The van der Waals surface area contributed by atoms with Crippen molar-refractivity contribution >= 4 is 5.69 Å². The van der Waals surface area contributed by atoms with Crippen LogP contribution < -0.4 is 4.90 Å². The minimum absolute atomic E-state index is 0.0141. The highest BCUT2D eigenvalue weighted by atomic mass is 16.3. The first-order chi connectivity index (χ1) is 11.2. The first kappa shape index (κ1) is 14.7. The maximum absolute atomic E-state index is 11.5. The molecule has 4 rings (SSSR count). The van der Waals surface area contributed by atoms with Crippen LogP contribution in [0.15, 0.2) is 60.7 Å². The monoisotopic (exact) mass is 308 g/mol. The number of fused-ring (bicyclic) bond motifs is 1. The molecule has 0 radical (unpaired) electrons. The molecule has 0 bridgehead atoms. The van der Waals surface area contributed by atoms with Gasteiger partial charge in [-0.3, -0.25) is 4.90 Å². The molecule has 0 unspecified atom stereocenters. The summed E-state index contributed by atoms with van der Waals surface area (Å²) in [6, 6.07) is 21.1. The molecule has 2 aromatic rings. The van der Waals surface area contributed by atoms with Crippen LogP contribution in [0.2, 0.25) is 0 Å². The number of hydrogen-bond acceptors (Lipinski definition) is 3. The van der Waals surface area contributed by atoms with E-state index in [1.54, 1.807) is 0 Å². The summed E-state index contributed by atoms with van der Waals surface area (Å²) in [6.45, 7) is 4.03. The van der Waals surface area contributed by atoms with Gasteiger partial charge in [-0.1, -0.05) is 48.5 Å². The molecule has 3 nitrogen and oxygen atoms in total. The van der Waals surface area contributed by atoms with Crippen molar-refractivity contribution in [2.75, 3.05) is 18.0 Å². The first-order valence-corrected chi connectivity index (χ1v) is 8.53. The fraction of sp³-hybridized carbons (Fsp3) is 0.400. The highest BCUT2D eigenvalue weighted by Gasteiger charge is 2.50. The van der Waals surface area contributed by atoms with Crippen molar-refractivity contribution in [1.29, 1.82) is 0 Å². The summed E-state index contributed by atoms with van der Waals surface area (Å²) in [6.07, 6.45) is 2.44. The van der Waals surface area contributed by atoms with Crippen LogP contribution in [-0.2, 0) is 5.60 Å². The topological polar surface area (TPSA) is 26.7 Å². The smallest absolute Gasteiger partial charge is 0.121 e.